The molecule has 0 aliphatic carbocycles. The molecule has 0 aliphatic heterocycles. The molecule has 0 spiro atoms. The lowest BCUT2D eigenvalue weighted by molar-refractivity contribution is 0.432. The van der Waals surface area contributed by atoms with Gasteiger partial charge in [-0.1, -0.05) is 53.0 Å². The van der Waals surface area contributed by atoms with Crippen molar-refractivity contribution < 1.29 is 5.11 Å². The van der Waals surface area contributed by atoms with Crippen LogP contribution in [0.4, 0.5) is 11.4 Å². The Morgan fingerprint density at radius 1 is 0.875 bits per heavy atom. The zero-order chi connectivity index (χ0) is 22.8. The summed E-state index contributed by atoms with van der Waals surface area (Å²) >= 11 is 17.9. The molecule has 0 amide bonds. The van der Waals surface area contributed by atoms with Gasteiger partial charge in [-0.2, -0.15) is 5.11 Å². The van der Waals surface area contributed by atoms with Crippen molar-refractivity contribution in [3.63, 3.8) is 0 Å². The first-order chi connectivity index (χ1) is 15.4. The van der Waals surface area contributed by atoms with E-state index in [0.29, 0.717) is 27.1 Å². The van der Waals surface area contributed by atoms with E-state index >= 15 is 0 Å². The van der Waals surface area contributed by atoms with Crippen molar-refractivity contribution in [2.45, 2.75) is 6.92 Å². The second-order valence-corrected chi connectivity index (χ2v) is 8.10. The highest BCUT2D eigenvalue weighted by Gasteiger charge is 2.20. The van der Waals surface area contributed by atoms with Crippen LogP contribution in [-0.2, 0) is 0 Å². The van der Waals surface area contributed by atoms with E-state index in [-0.39, 0.29) is 10.5 Å². The third-order valence-electron chi connectivity index (χ3n) is 4.69. The number of azo groups is 1. The van der Waals surface area contributed by atoms with Gasteiger partial charge in [0.15, 0.2) is 4.77 Å². The first-order valence-electron chi connectivity index (χ1n) is 9.47. The highest BCUT2D eigenvalue weighted by Crippen LogP contribution is 2.32. The lowest BCUT2D eigenvalue weighted by Gasteiger charge is -2.16. The molecular formula is C23H16Cl2N4O2S. The summed E-state index contributed by atoms with van der Waals surface area (Å²) < 4.78 is 2.62. The highest BCUT2D eigenvalue weighted by atomic mass is 35.5. The van der Waals surface area contributed by atoms with Crippen LogP contribution in [-0.4, -0.2) is 14.2 Å². The molecule has 32 heavy (non-hydrogen) atoms. The molecule has 6 nitrogen and oxygen atoms in total. The molecular weight excluding hydrogens is 467 g/mol. The van der Waals surface area contributed by atoms with Gasteiger partial charge in [-0.25, -0.2) is 0 Å². The van der Waals surface area contributed by atoms with E-state index in [9.17, 15) is 9.90 Å². The fourth-order valence-electron chi connectivity index (χ4n) is 3.06. The first-order valence-corrected chi connectivity index (χ1v) is 10.6. The molecule has 0 saturated heterocycles. The molecule has 0 radical (unpaired) electrons. The molecule has 3 aromatic carbocycles. The van der Waals surface area contributed by atoms with Gasteiger partial charge >= 0.3 is 0 Å². The van der Waals surface area contributed by atoms with Gasteiger partial charge < -0.3 is 5.11 Å². The number of nitrogens with zero attached hydrogens (tertiary/aromatic N) is 4. The Bertz CT molecular complexity index is 1440. The number of rotatable bonds is 4. The Hall–Kier alpha value is -3.26. The summed E-state index contributed by atoms with van der Waals surface area (Å²) in [5.41, 5.74) is 1.51. The third kappa shape index (κ3) is 4.23. The predicted octanol–water partition coefficient (Wildman–Crippen LogP) is 7.09. The monoisotopic (exact) mass is 482 g/mol. The molecule has 9 heteroatoms. The summed E-state index contributed by atoms with van der Waals surface area (Å²) in [5, 5.41) is 20.0. The quantitative estimate of drug-likeness (QED) is 0.249. The largest absolute Gasteiger partial charge is 0.492 e. The van der Waals surface area contributed by atoms with Gasteiger partial charge in [0.05, 0.1) is 22.1 Å². The molecule has 0 saturated carbocycles. The molecule has 160 valence electrons. The fraction of sp³-hybridized carbons (Fsp3) is 0.0435. The smallest absolute Gasteiger partial charge is 0.290 e. The standard InChI is InChI=1S/C23H16Cl2N4O2S/c1-14-6-12-17(13-7-14)28-21(30)20(27-26-16-10-8-15(24)9-11-16)22(31)29(23(28)32)19-5-3-2-4-18(19)25/h2-13,31H,1H3. The van der Waals surface area contributed by atoms with Crippen molar-refractivity contribution in [3.8, 4) is 17.3 Å². The number of benzene rings is 3. The summed E-state index contributed by atoms with van der Waals surface area (Å²) in [4.78, 5) is 13.4. The van der Waals surface area contributed by atoms with E-state index in [1.54, 1.807) is 60.7 Å². The molecule has 0 unspecified atom stereocenters. The Morgan fingerprint density at radius 3 is 2.19 bits per heavy atom. The van der Waals surface area contributed by atoms with Crippen LogP contribution < -0.4 is 5.56 Å². The number of halogens is 2. The van der Waals surface area contributed by atoms with E-state index in [0.717, 1.165) is 5.56 Å². The van der Waals surface area contributed by atoms with E-state index in [1.807, 2.05) is 19.1 Å². The zero-order valence-corrected chi connectivity index (χ0v) is 19.1. The van der Waals surface area contributed by atoms with Crippen LogP contribution in [0.2, 0.25) is 10.0 Å². The summed E-state index contributed by atoms with van der Waals surface area (Å²) in [7, 11) is 0. The SMILES string of the molecule is Cc1ccc(-n2c(=O)c(N=Nc3ccc(Cl)cc3)c(O)n(-c3ccccc3Cl)c2=S)cc1. The fourth-order valence-corrected chi connectivity index (χ4v) is 3.78. The molecule has 0 bridgehead atoms. The van der Waals surface area contributed by atoms with Gasteiger partial charge in [-0.05, 0) is 67.7 Å². The van der Waals surface area contributed by atoms with Crippen molar-refractivity contribution in [1.82, 2.24) is 9.13 Å². The molecule has 4 aromatic rings. The average Bonchev–Trinajstić information content (AvgIpc) is 2.77. The molecule has 0 fully saturated rings. The van der Waals surface area contributed by atoms with Crippen LogP contribution in [0.5, 0.6) is 5.88 Å². The van der Waals surface area contributed by atoms with Gasteiger partial charge in [-0.3, -0.25) is 13.9 Å². The molecule has 0 aliphatic rings. The third-order valence-corrected chi connectivity index (χ3v) is 5.63. The van der Waals surface area contributed by atoms with Crippen LogP contribution >= 0.6 is 35.4 Å². The molecule has 1 heterocycles. The van der Waals surface area contributed by atoms with Crippen molar-refractivity contribution >= 4 is 46.8 Å². The Kier molecular flexibility index (Phi) is 6.23. The van der Waals surface area contributed by atoms with Crippen molar-refractivity contribution in [1.29, 1.82) is 0 Å². The maximum absolute atomic E-state index is 13.4. The topological polar surface area (TPSA) is 71.9 Å². The Labute approximate surface area is 198 Å². The van der Waals surface area contributed by atoms with E-state index in [2.05, 4.69) is 10.2 Å². The van der Waals surface area contributed by atoms with Crippen LogP contribution in [0.15, 0.2) is 87.8 Å². The Balaban J connectivity index is 2.01. The van der Waals surface area contributed by atoms with Crippen molar-refractivity contribution in [2.24, 2.45) is 10.2 Å². The average molecular weight is 483 g/mol. The van der Waals surface area contributed by atoms with Crippen LogP contribution in [0, 0.1) is 11.7 Å². The number of aromatic nitrogens is 2. The minimum atomic E-state index is -0.614. The number of hydrogen-bond acceptors (Lipinski definition) is 5. The first kappa shape index (κ1) is 22.0. The number of para-hydroxylation sites is 1. The van der Waals surface area contributed by atoms with Crippen molar-refractivity contribution in [2.75, 3.05) is 0 Å². The lowest BCUT2D eigenvalue weighted by atomic mass is 10.2. The van der Waals surface area contributed by atoms with Crippen LogP contribution in [0.3, 0.4) is 0 Å². The minimum Gasteiger partial charge on any atom is -0.492 e. The summed E-state index contributed by atoms with van der Waals surface area (Å²) in [5.74, 6) is -0.464. The maximum Gasteiger partial charge on any atom is 0.290 e. The molecule has 0 atom stereocenters. The lowest BCUT2D eigenvalue weighted by Crippen LogP contribution is -2.23. The minimum absolute atomic E-state index is 0.0369. The summed E-state index contributed by atoms with van der Waals surface area (Å²) in [6, 6.07) is 20.7. The number of aromatic hydroxyl groups is 1. The number of hydrogen-bond donors (Lipinski definition) is 1. The maximum atomic E-state index is 13.4. The Morgan fingerprint density at radius 2 is 1.53 bits per heavy atom. The second kappa shape index (κ2) is 9.08. The van der Waals surface area contributed by atoms with E-state index in [4.69, 9.17) is 35.4 Å². The van der Waals surface area contributed by atoms with Crippen LogP contribution in [0.25, 0.3) is 11.4 Å². The zero-order valence-electron chi connectivity index (χ0n) is 16.7. The van der Waals surface area contributed by atoms with Crippen LogP contribution in [0.1, 0.15) is 5.56 Å². The van der Waals surface area contributed by atoms with E-state index < -0.39 is 11.4 Å². The number of aryl methyl sites for hydroxylation is 1. The van der Waals surface area contributed by atoms with Gasteiger partial charge in [0, 0.05) is 5.02 Å². The van der Waals surface area contributed by atoms with E-state index in [1.165, 1.54) is 9.13 Å². The van der Waals surface area contributed by atoms with Gasteiger partial charge in [0.2, 0.25) is 11.6 Å². The van der Waals surface area contributed by atoms with Gasteiger partial charge in [0.1, 0.15) is 0 Å². The molecule has 4 rings (SSSR count). The second-order valence-electron chi connectivity index (χ2n) is 6.89. The highest BCUT2D eigenvalue weighted by molar-refractivity contribution is 7.71. The summed E-state index contributed by atoms with van der Waals surface area (Å²) in [6.45, 7) is 1.94. The van der Waals surface area contributed by atoms with Gasteiger partial charge in [-0.15, -0.1) is 5.11 Å². The summed E-state index contributed by atoms with van der Waals surface area (Å²) in [6.07, 6.45) is 0. The van der Waals surface area contributed by atoms with Crippen molar-refractivity contribution in [3.05, 3.63) is 104 Å². The molecule has 1 aromatic heterocycles. The normalized spacial score (nSPS) is 11.2. The van der Waals surface area contributed by atoms with Gasteiger partial charge in [0.25, 0.3) is 5.56 Å². The predicted molar refractivity (Wildman–Crippen MR) is 129 cm³/mol. The molecule has 1 N–H and O–H groups in total.